The molecule has 0 aromatic heterocycles. The van der Waals surface area contributed by atoms with E-state index in [0.717, 1.165) is 12.1 Å². The van der Waals surface area contributed by atoms with Crippen molar-refractivity contribution >= 4 is 23.2 Å². The van der Waals surface area contributed by atoms with Crippen LogP contribution in [0.15, 0.2) is 42.5 Å². The molecular formula is C14H10ClF2NO2. The second kappa shape index (κ2) is 6.34. The number of nitrogens with one attached hydrogen (secondary N) is 1. The predicted molar refractivity (Wildman–Crippen MR) is 71.9 cm³/mol. The van der Waals surface area contributed by atoms with E-state index in [9.17, 15) is 13.6 Å². The van der Waals surface area contributed by atoms with Crippen molar-refractivity contribution in [2.45, 2.75) is 0 Å². The van der Waals surface area contributed by atoms with Crippen molar-refractivity contribution in [3.05, 3.63) is 59.1 Å². The fourth-order valence-corrected chi connectivity index (χ4v) is 1.67. The molecule has 6 heteroatoms. The molecule has 0 aliphatic rings. The minimum Gasteiger partial charge on any atom is -0.481 e. The highest BCUT2D eigenvalue weighted by Crippen LogP contribution is 2.21. The van der Waals surface area contributed by atoms with E-state index in [1.54, 1.807) is 24.3 Å². The highest BCUT2D eigenvalue weighted by molar-refractivity contribution is 6.33. The number of amides is 1. The third kappa shape index (κ3) is 3.68. The Morgan fingerprint density at radius 3 is 2.65 bits per heavy atom. The minimum absolute atomic E-state index is 0.194. The molecule has 2 aromatic rings. The van der Waals surface area contributed by atoms with E-state index in [4.69, 9.17) is 16.3 Å². The van der Waals surface area contributed by atoms with E-state index in [1.165, 1.54) is 0 Å². The number of para-hydroxylation sites is 1. The van der Waals surface area contributed by atoms with Gasteiger partial charge in [-0.25, -0.2) is 8.78 Å². The van der Waals surface area contributed by atoms with Crippen LogP contribution in [0, 0.1) is 11.6 Å². The van der Waals surface area contributed by atoms with Gasteiger partial charge in [-0.3, -0.25) is 4.79 Å². The summed E-state index contributed by atoms with van der Waals surface area (Å²) < 4.78 is 30.9. The number of rotatable bonds is 4. The number of hydrogen-bond donors (Lipinski definition) is 1. The molecule has 104 valence electrons. The first-order chi connectivity index (χ1) is 9.56. The van der Waals surface area contributed by atoms with Gasteiger partial charge in [-0.2, -0.15) is 0 Å². The van der Waals surface area contributed by atoms with Crippen LogP contribution in [0.1, 0.15) is 0 Å². The van der Waals surface area contributed by atoms with Crippen molar-refractivity contribution in [1.82, 2.24) is 0 Å². The van der Waals surface area contributed by atoms with Gasteiger partial charge in [-0.15, -0.1) is 0 Å². The molecule has 1 N–H and O–H groups in total. The summed E-state index contributed by atoms with van der Waals surface area (Å²) >= 11 is 5.87. The summed E-state index contributed by atoms with van der Waals surface area (Å²) in [6.45, 7) is -0.409. The van der Waals surface area contributed by atoms with Gasteiger partial charge in [0.1, 0.15) is 5.82 Å². The van der Waals surface area contributed by atoms with Crippen LogP contribution in [0.4, 0.5) is 14.5 Å². The molecule has 2 aromatic carbocycles. The minimum atomic E-state index is -0.865. The lowest BCUT2D eigenvalue weighted by molar-refractivity contribution is -0.118. The van der Waals surface area contributed by atoms with E-state index < -0.39 is 24.1 Å². The summed E-state index contributed by atoms with van der Waals surface area (Å²) in [6.07, 6.45) is 0. The largest absolute Gasteiger partial charge is 0.481 e. The monoisotopic (exact) mass is 297 g/mol. The van der Waals surface area contributed by atoms with Crippen LogP contribution in [-0.4, -0.2) is 12.5 Å². The standard InChI is InChI=1S/C14H10ClF2NO2/c15-10-3-1-2-4-12(10)18-14(19)8-20-13-6-5-9(16)7-11(13)17/h1-7H,8H2,(H,18,19). The number of anilines is 1. The fraction of sp³-hybridized carbons (Fsp3) is 0.0714. The molecule has 20 heavy (non-hydrogen) atoms. The molecule has 0 radical (unpaired) electrons. The lowest BCUT2D eigenvalue weighted by atomic mass is 10.3. The molecule has 0 atom stereocenters. The lowest BCUT2D eigenvalue weighted by Gasteiger charge is -2.09. The van der Waals surface area contributed by atoms with E-state index in [1.807, 2.05) is 0 Å². The second-order valence-corrected chi connectivity index (χ2v) is 4.30. The predicted octanol–water partition coefficient (Wildman–Crippen LogP) is 3.64. The van der Waals surface area contributed by atoms with Gasteiger partial charge in [-0.05, 0) is 24.3 Å². The van der Waals surface area contributed by atoms with E-state index in [-0.39, 0.29) is 5.75 Å². The van der Waals surface area contributed by atoms with Gasteiger partial charge < -0.3 is 10.1 Å². The van der Waals surface area contributed by atoms with Crippen molar-refractivity contribution in [1.29, 1.82) is 0 Å². The van der Waals surface area contributed by atoms with Crippen molar-refractivity contribution in [2.24, 2.45) is 0 Å². The van der Waals surface area contributed by atoms with Crippen LogP contribution in [0.5, 0.6) is 5.75 Å². The van der Waals surface area contributed by atoms with Crippen molar-refractivity contribution in [3.8, 4) is 5.75 Å². The number of carbonyl (C=O) groups is 1. The van der Waals surface area contributed by atoms with Crippen LogP contribution in [-0.2, 0) is 4.79 Å². The number of halogens is 3. The van der Waals surface area contributed by atoms with Crippen LogP contribution < -0.4 is 10.1 Å². The maximum absolute atomic E-state index is 13.3. The number of carbonyl (C=O) groups excluding carboxylic acids is 1. The third-order valence-electron chi connectivity index (χ3n) is 2.40. The Morgan fingerprint density at radius 1 is 1.20 bits per heavy atom. The highest BCUT2D eigenvalue weighted by Gasteiger charge is 2.09. The van der Waals surface area contributed by atoms with Crippen LogP contribution >= 0.6 is 11.6 Å². The molecular weight excluding hydrogens is 288 g/mol. The zero-order valence-electron chi connectivity index (χ0n) is 10.2. The van der Waals surface area contributed by atoms with Crippen molar-refractivity contribution < 1.29 is 18.3 Å². The summed E-state index contributed by atoms with van der Waals surface area (Å²) in [5.41, 5.74) is 0.433. The highest BCUT2D eigenvalue weighted by atomic mass is 35.5. The third-order valence-corrected chi connectivity index (χ3v) is 2.73. The summed E-state index contributed by atoms with van der Waals surface area (Å²) in [7, 11) is 0. The van der Waals surface area contributed by atoms with E-state index in [2.05, 4.69) is 5.32 Å². The van der Waals surface area contributed by atoms with Crippen LogP contribution in [0.2, 0.25) is 5.02 Å². The quantitative estimate of drug-likeness (QED) is 0.936. The summed E-state index contributed by atoms with van der Waals surface area (Å²) in [6, 6.07) is 9.53. The first-order valence-corrected chi connectivity index (χ1v) is 6.06. The lowest BCUT2D eigenvalue weighted by Crippen LogP contribution is -2.20. The molecule has 0 saturated heterocycles. The zero-order valence-corrected chi connectivity index (χ0v) is 11.0. The Bertz CT molecular complexity index is 634. The maximum atomic E-state index is 13.3. The Kier molecular flexibility index (Phi) is 4.53. The van der Waals surface area contributed by atoms with E-state index in [0.29, 0.717) is 16.8 Å². The van der Waals surface area contributed by atoms with Gasteiger partial charge in [0.15, 0.2) is 18.2 Å². The molecule has 0 saturated carbocycles. The van der Waals surface area contributed by atoms with Gasteiger partial charge in [-0.1, -0.05) is 23.7 Å². The van der Waals surface area contributed by atoms with Crippen molar-refractivity contribution in [3.63, 3.8) is 0 Å². The first-order valence-electron chi connectivity index (χ1n) is 5.68. The molecule has 0 aliphatic heterocycles. The fourth-order valence-electron chi connectivity index (χ4n) is 1.48. The molecule has 0 heterocycles. The Hall–Kier alpha value is -2.14. The number of benzene rings is 2. The molecule has 0 bridgehead atoms. The summed E-state index contributed by atoms with van der Waals surface area (Å²) in [5, 5.41) is 2.90. The smallest absolute Gasteiger partial charge is 0.262 e. The van der Waals surface area contributed by atoms with Crippen molar-refractivity contribution in [2.75, 3.05) is 11.9 Å². The molecule has 3 nitrogen and oxygen atoms in total. The molecule has 0 fully saturated rings. The average Bonchev–Trinajstić information content (AvgIpc) is 2.40. The average molecular weight is 298 g/mol. The molecule has 0 unspecified atom stereocenters. The Balaban J connectivity index is 1.94. The topological polar surface area (TPSA) is 38.3 Å². The first kappa shape index (κ1) is 14.3. The zero-order chi connectivity index (χ0) is 14.5. The SMILES string of the molecule is O=C(COc1ccc(F)cc1F)Nc1ccccc1Cl. The number of hydrogen-bond acceptors (Lipinski definition) is 2. The van der Waals surface area contributed by atoms with Gasteiger partial charge in [0.05, 0.1) is 10.7 Å². The van der Waals surface area contributed by atoms with Crippen LogP contribution in [0.3, 0.4) is 0 Å². The van der Waals surface area contributed by atoms with E-state index >= 15 is 0 Å². The molecule has 0 spiro atoms. The molecule has 1 amide bonds. The van der Waals surface area contributed by atoms with Gasteiger partial charge in [0, 0.05) is 6.07 Å². The van der Waals surface area contributed by atoms with Gasteiger partial charge in [0.25, 0.3) is 5.91 Å². The Labute approximate surface area is 119 Å². The van der Waals surface area contributed by atoms with Crippen LogP contribution in [0.25, 0.3) is 0 Å². The van der Waals surface area contributed by atoms with Gasteiger partial charge >= 0.3 is 0 Å². The normalized spacial score (nSPS) is 10.2. The Morgan fingerprint density at radius 2 is 1.95 bits per heavy atom. The molecule has 2 rings (SSSR count). The van der Waals surface area contributed by atoms with Gasteiger partial charge in [0.2, 0.25) is 0 Å². The molecule has 0 aliphatic carbocycles. The second-order valence-electron chi connectivity index (χ2n) is 3.89. The summed E-state index contributed by atoms with van der Waals surface area (Å²) in [5.74, 6) is -2.27. The maximum Gasteiger partial charge on any atom is 0.262 e. The summed E-state index contributed by atoms with van der Waals surface area (Å²) in [4.78, 5) is 11.6. The number of ether oxygens (including phenoxy) is 1.